The third kappa shape index (κ3) is 8.77. The molecule has 0 bridgehead atoms. The van der Waals surface area contributed by atoms with Crippen molar-refractivity contribution in [2.45, 2.75) is 0 Å². The van der Waals surface area contributed by atoms with Gasteiger partial charge in [0, 0.05) is 13.6 Å². The number of carbonyl (C=O) groups excluding carboxylic acids is 2. The van der Waals surface area contributed by atoms with Crippen molar-refractivity contribution in [3.8, 4) is 0 Å². The third-order valence-electron chi connectivity index (χ3n) is 1.23. The second-order valence-electron chi connectivity index (χ2n) is 2.37. The number of nitrogens with one attached hydrogen (secondary N) is 2. The molecular weight excluding hydrogens is 174 g/mol. The van der Waals surface area contributed by atoms with Crippen molar-refractivity contribution in [3.63, 3.8) is 0 Å². The average Bonchev–Trinajstić information content (AvgIpc) is 2.10. The number of likely N-dealkylation sites (N-methyl/N-ethyl adjacent to an activating group) is 1. The fourth-order valence-electron chi connectivity index (χ4n) is 0.607. The second-order valence-corrected chi connectivity index (χ2v) is 2.37. The highest BCUT2D eigenvalue weighted by Gasteiger charge is 1.96. The van der Waals surface area contributed by atoms with Crippen LogP contribution in [0.1, 0.15) is 0 Å². The Labute approximate surface area is 76.8 Å². The van der Waals surface area contributed by atoms with Crippen LogP contribution in [0, 0.1) is 0 Å². The van der Waals surface area contributed by atoms with E-state index < -0.39 is 5.91 Å². The summed E-state index contributed by atoms with van der Waals surface area (Å²) in [6.07, 6.45) is 0. The first-order valence-electron chi connectivity index (χ1n) is 3.94. The Morgan fingerprint density at radius 2 is 2.15 bits per heavy atom. The number of amides is 2. The van der Waals surface area contributed by atoms with Crippen molar-refractivity contribution in [1.29, 1.82) is 0 Å². The first-order chi connectivity index (χ1) is 6.16. The third-order valence-corrected chi connectivity index (χ3v) is 1.23. The van der Waals surface area contributed by atoms with E-state index in [4.69, 9.17) is 10.5 Å². The Kier molecular flexibility index (Phi) is 6.85. The lowest BCUT2D eigenvalue weighted by Crippen LogP contribution is -2.33. The highest BCUT2D eigenvalue weighted by Crippen LogP contribution is 1.71. The Morgan fingerprint density at radius 1 is 1.46 bits per heavy atom. The molecule has 6 nitrogen and oxygen atoms in total. The lowest BCUT2D eigenvalue weighted by atomic mass is 10.5. The zero-order chi connectivity index (χ0) is 10.1. The van der Waals surface area contributed by atoms with Crippen LogP contribution >= 0.6 is 0 Å². The van der Waals surface area contributed by atoms with E-state index in [1.165, 1.54) is 0 Å². The molecule has 0 rings (SSSR count). The van der Waals surface area contributed by atoms with E-state index in [1.807, 2.05) is 0 Å². The fraction of sp³-hybridized carbons (Fsp3) is 0.714. The van der Waals surface area contributed by atoms with E-state index in [-0.39, 0.29) is 19.1 Å². The lowest BCUT2D eigenvalue weighted by molar-refractivity contribution is -0.123. The van der Waals surface area contributed by atoms with E-state index >= 15 is 0 Å². The number of hydrogen-bond donors (Lipinski definition) is 3. The van der Waals surface area contributed by atoms with Crippen molar-refractivity contribution >= 4 is 11.8 Å². The molecule has 4 N–H and O–H groups in total. The van der Waals surface area contributed by atoms with Gasteiger partial charge in [-0.3, -0.25) is 9.59 Å². The van der Waals surface area contributed by atoms with Gasteiger partial charge in [-0.15, -0.1) is 0 Å². The van der Waals surface area contributed by atoms with Crippen molar-refractivity contribution in [2.75, 3.05) is 33.4 Å². The molecule has 0 heterocycles. The summed E-state index contributed by atoms with van der Waals surface area (Å²) in [6, 6.07) is 0. The van der Waals surface area contributed by atoms with Crippen LogP contribution in [0.25, 0.3) is 0 Å². The van der Waals surface area contributed by atoms with Gasteiger partial charge in [-0.05, 0) is 0 Å². The summed E-state index contributed by atoms with van der Waals surface area (Å²) in [7, 11) is 1.56. The highest BCUT2D eigenvalue weighted by molar-refractivity contribution is 5.77. The lowest BCUT2D eigenvalue weighted by Gasteiger charge is -2.03. The molecule has 0 fully saturated rings. The van der Waals surface area contributed by atoms with Crippen LogP contribution in [0.15, 0.2) is 0 Å². The van der Waals surface area contributed by atoms with Crippen LogP contribution in [0.4, 0.5) is 0 Å². The Hall–Kier alpha value is -1.14. The van der Waals surface area contributed by atoms with Gasteiger partial charge in [0.25, 0.3) is 0 Å². The first-order valence-corrected chi connectivity index (χ1v) is 3.94. The summed E-state index contributed by atoms with van der Waals surface area (Å²) in [5, 5.41) is 5.28. The van der Waals surface area contributed by atoms with Gasteiger partial charge in [0.2, 0.25) is 11.8 Å². The molecule has 0 atom stereocenters. The smallest absolute Gasteiger partial charge is 0.243 e. The van der Waals surface area contributed by atoms with Crippen molar-refractivity contribution < 1.29 is 14.3 Å². The number of hydrogen-bond acceptors (Lipinski definition) is 4. The standard InChI is InChI=1S/C7H15N3O3/c1-9-7(12)4-10-2-3-13-5-6(8)11/h10H,2-5H2,1H3,(H2,8,11)(H,9,12). The predicted molar refractivity (Wildman–Crippen MR) is 46.9 cm³/mol. The summed E-state index contributed by atoms with van der Waals surface area (Å²) in [5.41, 5.74) is 4.83. The van der Waals surface area contributed by atoms with Gasteiger partial charge in [-0.1, -0.05) is 0 Å². The normalized spacial score (nSPS) is 9.62. The predicted octanol–water partition coefficient (Wildman–Crippen LogP) is -2.18. The van der Waals surface area contributed by atoms with E-state index in [9.17, 15) is 9.59 Å². The van der Waals surface area contributed by atoms with Gasteiger partial charge in [-0.25, -0.2) is 0 Å². The van der Waals surface area contributed by atoms with E-state index in [0.29, 0.717) is 13.2 Å². The SMILES string of the molecule is CNC(=O)CNCCOCC(N)=O. The maximum absolute atomic E-state index is 10.7. The van der Waals surface area contributed by atoms with Crippen LogP contribution in [0.3, 0.4) is 0 Å². The Balaban J connectivity index is 3.08. The fourth-order valence-corrected chi connectivity index (χ4v) is 0.607. The summed E-state index contributed by atoms with van der Waals surface area (Å²) >= 11 is 0. The molecule has 0 aliphatic carbocycles. The second kappa shape index (κ2) is 7.51. The molecule has 0 aromatic carbocycles. The van der Waals surface area contributed by atoms with Gasteiger partial charge in [-0.2, -0.15) is 0 Å². The molecule has 6 heteroatoms. The minimum Gasteiger partial charge on any atom is -0.370 e. The average molecular weight is 189 g/mol. The largest absolute Gasteiger partial charge is 0.370 e. The van der Waals surface area contributed by atoms with Crippen molar-refractivity contribution in [2.24, 2.45) is 5.73 Å². The molecule has 0 spiro atoms. The molecule has 76 valence electrons. The topological polar surface area (TPSA) is 93.4 Å². The van der Waals surface area contributed by atoms with E-state index in [1.54, 1.807) is 7.05 Å². The minimum atomic E-state index is -0.494. The number of nitrogens with two attached hydrogens (primary N) is 1. The summed E-state index contributed by atoms with van der Waals surface area (Å²) in [6.45, 7) is 1.04. The minimum absolute atomic E-state index is 0.0817. The highest BCUT2D eigenvalue weighted by atomic mass is 16.5. The van der Waals surface area contributed by atoms with Crippen LogP contribution in [-0.2, 0) is 14.3 Å². The number of ether oxygens (including phenoxy) is 1. The molecule has 0 radical (unpaired) electrons. The summed E-state index contributed by atoms with van der Waals surface area (Å²) in [5.74, 6) is -0.582. The first kappa shape index (κ1) is 11.9. The van der Waals surface area contributed by atoms with Gasteiger partial charge < -0.3 is 21.1 Å². The molecule has 0 saturated heterocycles. The van der Waals surface area contributed by atoms with Crippen LogP contribution < -0.4 is 16.4 Å². The molecule has 0 aliphatic heterocycles. The van der Waals surface area contributed by atoms with E-state index in [0.717, 1.165) is 0 Å². The van der Waals surface area contributed by atoms with Gasteiger partial charge >= 0.3 is 0 Å². The molecule has 0 unspecified atom stereocenters. The van der Waals surface area contributed by atoms with Gasteiger partial charge in [0.15, 0.2) is 0 Å². The molecule has 0 aromatic rings. The van der Waals surface area contributed by atoms with E-state index in [2.05, 4.69) is 10.6 Å². The molecule has 0 aliphatic rings. The zero-order valence-electron chi connectivity index (χ0n) is 7.63. The Bertz CT molecular complexity index is 172. The monoisotopic (exact) mass is 189 g/mol. The van der Waals surface area contributed by atoms with Gasteiger partial charge in [0.05, 0.1) is 13.2 Å². The summed E-state index contributed by atoms with van der Waals surface area (Å²) < 4.78 is 4.84. The molecular formula is C7H15N3O3. The van der Waals surface area contributed by atoms with Crippen LogP contribution in [0.2, 0.25) is 0 Å². The maximum Gasteiger partial charge on any atom is 0.243 e. The molecule has 0 saturated carbocycles. The van der Waals surface area contributed by atoms with Crippen molar-refractivity contribution in [1.82, 2.24) is 10.6 Å². The quantitative estimate of drug-likeness (QED) is 0.397. The van der Waals surface area contributed by atoms with Crippen molar-refractivity contribution in [3.05, 3.63) is 0 Å². The van der Waals surface area contributed by atoms with Crippen LogP contribution in [-0.4, -0.2) is 45.2 Å². The molecule has 13 heavy (non-hydrogen) atoms. The number of primary amides is 1. The molecule has 2 amide bonds. The number of rotatable bonds is 7. The number of carbonyl (C=O) groups is 2. The van der Waals surface area contributed by atoms with Crippen LogP contribution in [0.5, 0.6) is 0 Å². The maximum atomic E-state index is 10.7. The summed E-state index contributed by atoms with van der Waals surface area (Å²) in [4.78, 5) is 20.9. The molecule has 0 aromatic heterocycles. The Morgan fingerprint density at radius 3 is 2.69 bits per heavy atom. The van der Waals surface area contributed by atoms with Gasteiger partial charge in [0.1, 0.15) is 6.61 Å². The zero-order valence-corrected chi connectivity index (χ0v) is 7.63.